The number of benzene rings is 1. The lowest BCUT2D eigenvalue weighted by Crippen LogP contribution is -2.36. The van der Waals surface area contributed by atoms with Crippen molar-refractivity contribution in [2.24, 2.45) is 0 Å². The first-order chi connectivity index (χ1) is 10.9. The molecule has 0 aliphatic carbocycles. The van der Waals surface area contributed by atoms with Crippen LogP contribution in [-0.4, -0.2) is 65.9 Å². The smallest absolute Gasteiger partial charge is 0.331 e. The van der Waals surface area contributed by atoms with Crippen molar-refractivity contribution in [1.82, 2.24) is 10.2 Å². The molecule has 2 rings (SSSR count). The number of hydrogen-bond donors (Lipinski definition) is 4. The van der Waals surface area contributed by atoms with Crippen LogP contribution in [0.2, 0.25) is 0 Å². The molecule has 0 aromatic heterocycles. The van der Waals surface area contributed by atoms with Crippen LogP contribution in [0, 0.1) is 0 Å². The third-order valence-electron chi connectivity index (χ3n) is 3.21. The summed E-state index contributed by atoms with van der Waals surface area (Å²) in [6.45, 7) is -0.547. The molecule has 1 saturated heterocycles. The van der Waals surface area contributed by atoms with Crippen LogP contribution in [0.4, 0.5) is 21.0 Å². The van der Waals surface area contributed by atoms with Gasteiger partial charge in [0.25, 0.3) is 5.91 Å². The fourth-order valence-electron chi connectivity index (χ4n) is 2.05. The Morgan fingerprint density at radius 3 is 2.74 bits per heavy atom. The number of amides is 5. The maximum atomic E-state index is 11.9. The summed E-state index contributed by atoms with van der Waals surface area (Å²) in [7, 11) is 1.53. The molecule has 9 nitrogen and oxygen atoms in total. The highest BCUT2D eigenvalue weighted by atomic mass is 16.3. The number of imide groups is 1. The van der Waals surface area contributed by atoms with Gasteiger partial charge in [-0.15, -0.1) is 0 Å². The molecule has 0 unspecified atom stereocenters. The van der Waals surface area contributed by atoms with E-state index in [1.54, 1.807) is 18.2 Å². The number of carbonyl (C=O) groups is 3. The summed E-state index contributed by atoms with van der Waals surface area (Å²) in [6, 6.07) is 5.28. The largest absolute Gasteiger partial charge is 0.394 e. The Bertz CT molecular complexity index is 621. The molecule has 1 aliphatic heterocycles. The van der Waals surface area contributed by atoms with Crippen LogP contribution in [0.3, 0.4) is 0 Å². The van der Waals surface area contributed by atoms with Crippen molar-refractivity contribution >= 4 is 29.3 Å². The topological polar surface area (TPSA) is 122 Å². The van der Waals surface area contributed by atoms with Crippen LogP contribution in [0.1, 0.15) is 0 Å². The van der Waals surface area contributed by atoms with Crippen molar-refractivity contribution in [3.05, 3.63) is 24.3 Å². The lowest BCUT2D eigenvalue weighted by Gasteiger charge is -2.16. The molecule has 1 fully saturated rings. The van der Waals surface area contributed by atoms with Gasteiger partial charge in [0.15, 0.2) is 0 Å². The summed E-state index contributed by atoms with van der Waals surface area (Å²) in [5.74, 6) is -0.342. The number of anilines is 2. The number of urea groups is 2. The van der Waals surface area contributed by atoms with Crippen molar-refractivity contribution in [3.8, 4) is 0 Å². The highest BCUT2D eigenvalue weighted by Gasteiger charge is 2.34. The van der Waals surface area contributed by atoms with Crippen LogP contribution < -0.4 is 15.5 Å². The predicted molar refractivity (Wildman–Crippen MR) is 82.1 cm³/mol. The van der Waals surface area contributed by atoms with Crippen LogP contribution in [0.25, 0.3) is 0 Å². The van der Waals surface area contributed by atoms with Crippen LogP contribution in [0.15, 0.2) is 24.3 Å². The highest BCUT2D eigenvalue weighted by molar-refractivity contribution is 6.19. The second-order valence-electron chi connectivity index (χ2n) is 5.09. The van der Waals surface area contributed by atoms with Gasteiger partial charge >= 0.3 is 12.1 Å². The maximum absolute atomic E-state index is 11.9. The Labute approximate surface area is 132 Å². The van der Waals surface area contributed by atoms with Gasteiger partial charge in [-0.25, -0.2) is 14.5 Å². The Morgan fingerprint density at radius 1 is 1.39 bits per heavy atom. The lowest BCUT2D eigenvalue weighted by atomic mass is 10.2. The molecule has 1 aromatic carbocycles. The van der Waals surface area contributed by atoms with Crippen LogP contribution >= 0.6 is 0 Å². The first kappa shape index (κ1) is 16.7. The Morgan fingerprint density at radius 2 is 2.13 bits per heavy atom. The van der Waals surface area contributed by atoms with Crippen LogP contribution in [0.5, 0.6) is 0 Å². The number of carbonyl (C=O) groups excluding carboxylic acids is 3. The number of aliphatic hydroxyl groups excluding tert-OH is 2. The summed E-state index contributed by atoms with van der Waals surface area (Å²) >= 11 is 0. The number of aliphatic hydroxyl groups is 2. The maximum Gasteiger partial charge on any atom is 0.331 e. The number of rotatable bonds is 5. The average molecular weight is 322 g/mol. The van der Waals surface area contributed by atoms with Crippen molar-refractivity contribution in [1.29, 1.82) is 0 Å². The third-order valence-corrected chi connectivity index (χ3v) is 3.21. The molecule has 0 saturated carbocycles. The van der Waals surface area contributed by atoms with Gasteiger partial charge in [-0.3, -0.25) is 4.79 Å². The van der Waals surface area contributed by atoms with Gasteiger partial charge in [0.1, 0.15) is 6.54 Å². The van der Waals surface area contributed by atoms with E-state index in [9.17, 15) is 14.4 Å². The van der Waals surface area contributed by atoms with E-state index >= 15 is 0 Å². The summed E-state index contributed by atoms with van der Waals surface area (Å²) in [6.07, 6.45) is -1.04. The third kappa shape index (κ3) is 3.96. The van der Waals surface area contributed by atoms with Crippen molar-refractivity contribution in [2.75, 3.05) is 37.0 Å². The zero-order valence-electron chi connectivity index (χ0n) is 12.5. The normalized spacial score (nSPS) is 15.8. The fraction of sp³-hybridized carbons (Fsp3) is 0.357. The molecule has 1 heterocycles. The zero-order chi connectivity index (χ0) is 17.0. The monoisotopic (exact) mass is 322 g/mol. The first-order valence-electron chi connectivity index (χ1n) is 6.94. The standard InChI is InChI=1S/C14H18N4O5/c1-17-7-12(21)18(14(17)23)10-4-2-3-9(5-10)16-13(22)15-6-11(20)8-19/h2-5,11,19-20H,6-8H2,1H3,(H2,15,16,22)/t11-/m0/s1. The van der Waals surface area contributed by atoms with Gasteiger partial charge < -0.3 is 25.7 Å². The Hall–Kier alpha value is -2.65. The fourth-order valence-corrected chi connectivity index (χ4v) is 2.05. The van der Waals surface area contributed by atoms with Gasteiger partial charge in [-0.05, 0) is 18.2 Å². The number of nitrogens with zero attached hydrogens (tertiary/aromatic N) is 2. The Balaban J connectivity index is 2.04. The number of nitrogens with one attached hydrogen (secondary N) is 2. The summed E-state index contributed by atoms with van der Waals surface area (Å²) in [5, 5.41) is 22.7. The SMILES string of the molecule is CN1CC(=O)N(c2cccc(NC(=O)NC[C@H](O)CO)c2)C1=O. The lowest BCUT2D eigenvalue weighted by molar-refractivity contribution is -0.116. The van der Waals surface area contributed by atoms with Crippen molar-refractivity contribution < 1.29 is 24.6 Å². The summed E-state index contributed by atoms with van der Waals surface area (Å²) in [5.41, 5.74) is 0.742. The van der Waals surface area contributed by atoms with E-state index in [0.717, 1.165) is 4.90 Å². The molecule has 1 aliphatic rings. The Kier molecular flexibility index (Phi) is 5.14. The molecule has 1 aromatic rings. The van der Waals surface area contributed by atoms with E-state index in [1.807, 2.05) is 0 Å². The van der Waals surface area contributed by atoms with E-state index in [2.05, 4.69) is 10.6 Å². The zero-order valence-corrected chi connectivity index (χ0v) is 12.5. The molecule has 4 N–H and O–H groups in total. The second kappa shape index (κ2) is 7.07. The molecule has 0 spiro atoms. The molecule has 124 valence electrons. The minimum Gasteiger partial charge on any atom is -0.394 e. The number of likely N-dealkylation sites (N-methyl/N-ethyl adjacent to an activating group) is 1. The molecule has 0 bridgehead atoms. The van der Waals surface area contributed by atoms with Gasteiger partial charge in [-0.1, -0.05) is 6.07 Å². The van der Waals surface area contributed by atoms with Gasteiger partial charge in [0.05, 0.1) is 18.4 Å². The minimum absolute atomic E-state index is 0.00994. The highest BCUT2D eigenvalue weighted by Crippen LogP contribution is 2.23. The molecular formula is C14H18N4O5. The first-order valence-corrected chi connectivity index (χ1v) is 6.94. The van der Waals surface area contributed by atoms with E-state index in [-0.39, 0.29) is 19.0 Å². The molecule has 9 heteroatoms. The van der Waals surface area contributed by atoms with E-state index in [1.165, 1.54) is 18.0 Å². The van der Waals surface area contributed by atoms with Crippen LogP contribution in [-0.2, 0) is 4.79 Å². The summed E-state index contributed by atoms with van der Waals surface area (Å²) < 4.78 is 0. The molecule has 1 atom stereocenters. The van der Waals surface area contributed by atoms with E-state index < -0.39 is 24.8 Å². The molecule has 23 heavy (non-hydrogen) atoms. The minimum atomic E-state index is -1.04. The number of hydrogen-bond acceptors (Lipinski definition) is 5. The second-order valence-corrected chi connectivity index (χ2v) is 5.09. The molecule has 5 amide bonds. The van der Waals surface area contributed by atoms with Gasteiger partial charge in [0, 0.05) is 19.3 Å². The molecule has 0 radical (unpaired) electrons. The van der Waals surface area contributed by atoms with Gasteiger partial charge in [-0.2, -0.15) is 0 Å². The van der Waals surface area contributed by atoms with E-state index in [4.69, 9.17) is 10.2 Å². The summed E-state index contributed by atoms with van der Waals surface area (Å²) in [4.78, 5) is 37.8. The predicted octanol–water partition coefficient (Wildman–Crippen LogP) is -0.440. The average Bonchev–Trinajstić information content (AvgIpc) is 2.78. The quantitative estimate of drug-likeness (QED) is 0.547. The van der Waals surface area contributed by atoms with Crippen molar-refractivity contribution in [2.45, 2.75) is 6.10 Å². The van der Waals surface area contributed by atoms with Crippen molar-refractivity contribution in [3.63, 3.8) is 0 Å². The van der Waals surface area contributed by atoms with E-state index in [0.29, 0.717) is 11.4 Å². The van der Waals surface area contributed by atoms with Gasteiger partial charge in [0.2, 0.25) is 0 Å². The molecular weight excluding hydrogens is 304 g/mol.